The highest BCUT2D eigenvalue weighted by Crippen LogP contribution is 2.50. The zero-order valence-electron chi connectivity index (χ0n) is 26.5. The third kappa shape index (κ3) is 12.1. The molecule has 0 amide bonds. The lowest BCUT2D eigenvalue weighted by molar-refractivity contribution is -0.0980. The fourth-order valence-corrected chi connectivity index (χ4v) is 5.31. The minimum absolute atomic E-state index is 0.111. The van der Waals surface area contributed by atoms with Gasteiger partial charge < -0.3 is 10.1 Å². The van der Waals surface area contributed by atoms with Gasteiger partial charge in [-0.05, 0) is 91.3 Å². The SMILES string of the molecule is C#C.C=C(C)CNCc1c(F)cccc1CCC.C=CC1=C(Cc2ccc(F)cc2)C=C2CCCC2(C)C1.C=O.CC. The molecule has 42 heavy (non-hydrogen) atoms. The standard InChI is InChI=1S/C19H21F.C14H20FN.C2H6.C2H2.CH2O/c1-3-15-13-19(2)10-4-5-17(19)12-16(15)11-14-6-8-18(20)9-7-14;1-4-6-12-7-5-8-14(15)13(12)10-16-9-11(2)3;3*1-2/h3,6-9,12H,1,4-5,10-11,13H2,2H3;5,7-8,16H,2,4,6,9-10H2,1,3H3;1-2H3;1-2H;1H2. The summed E-state index contributed by atoms with van der Waals surface area (Å²) in [5, 5.41) is 3.20. The van der Waals surface area contributed by atoms with E-state index < -0.39 is 0 Å². The Balaban J connectivity index is 0.000000693. The Hall–Kier alpha value is -3.55. The Morgan fingerprint density at radius 3 is 2.31 bits per heavy atom. The number of allylic oxidation sites excluding steroid dienone is 5. The van der Waals surface area contributed by atoms with Crippen molar-refractivity contribution in [3.05, 3.63) is 118 Å². The summed E-state index contributed by atoms with van der Waals surface area (Å²) in [5.74, 6) is -0.280. The third-order valence-corrected chi connectivity index (χ3v) is 7.31. The molecule has 0 radical (unpaired) electrons. The second kappa shape index (κ2) is 21.2. The first kappa shape index (κ1) is 38.5. The van der Waals surface area contributed by atoms with Gasteiger partial charge in [0.2, 0.25) is 0 Å². The molecule has 0 aromatic heterocycles. The van der Waals surface area contributed by atoms with E-state index in [0.29, 0.717) is 12.0 Å². The number of halogens is 2. The normalized spacial score (nSPS) is 16.4. The van der Waals surface area contributed by atoms with Crippen molar-refractivity contribution in [2.45, 2.75) is 86.1 Å². The predicted octanol–water partition coefficient (Wildman–Crippen LogP) is 9.91. The van der Waals surface area contributed by atoms with Gasteiger partial charge in [0, 0.05) is 18.7 Å². The highest BCUT2D eigenvalue weighted by Gasteiger charge is 2.36. The highest BCUT2D eigenvalue weighted by atomic mass is 19.1. The van der Waals surface area contributed by atoms with Crippen molar-refractivity contribution < 1.29 is 13.6 Å². The average Bonchev–Trinajstić information content (AvgIpc) is 3.39. The fourth-order valence-electron chi connectivity index (χ4n) is 5.31. The lowest BCUT2D eigenvalue weighted by Crippen LogP contribution is -2.19. The molecule has 4 rings (SSSR count). The molecule has 2 aromatic rings. The van der Waals surface area contributed by atoms with Crippen LogP contribution >= 0.6 is 0 Å². The van der Waals surface area contributed by atoms with E-state index in [4.69, 9.17) is 4.79 Å². The third-order valence-electron chi connectivity index (χ3n) is 7.31. The number of hydrogen-bond donors (Lipinski definition) is 1. The lowest BCUT2D eigenvalue weighted by atomic mass is 9.73. The number of benzene rings is 2. The van der Waals surface area contributed by atoms with Crippen molar-refractivity contribution in [2.75, 3.05) is 6.54 Å². The summed E-state index contributed by atoms with van der Waals surface area (Å²) in [6.07, 6.45) is 20.2. The highest BCUT2D eigenvalue weighted by molar-refractivity contribution is 5.45. The predicted molar refractivity (Wildman–Crippen MR) is 177 cm³/mol. The van der Waals surface area contributed by atoms with Crippen LogP contribution in [0.25, 0.3) is 0 Å². The van der Waals surface area contributed by atoms with Gasteiger partial charge >= 0.3 is 0 Å². The summed E-state index contributed by atoms with van der Waals surface area (Å²) in [6, 6.07) is 12.1. The Labute approximate surface area is 254 Å². The molecule has 2 nitrogen and oxygen atoms in total. The van der Waals surface area contributed by atoms with E-state index in [9.17, 15) is 8.78 Å². The minimum atomic E-state index is -0.169. The van der Waals surface area contributed by atoms with Crippen LogP contribution in [0.1, 0.15) is 83.4 Å². The maximum Gasteiger partial charge on any atom is 0.127 e. The van der Waals surface area contributed by atoms with E-state index in [1.807, 2.05) is 51.8 Å². The Morgan fingerprint density at radius 1 is 1.10 bits per heavy atom. The van der Waals surface area contributed by atoms with Gasteiger partial charge in [-0.3, -0.25) is 0 Å². The molecule has 1 saturated carbocycles. The second-order valence-electron chi connectivity index (χ2n) is 10.5. The monoisotopic (exact) mass is 575 g/mol. The number of hydrogen-bond acceptors (Lipinski definition) is 2. The van der Waals surface area contributed by atoms with Gasteiger partial charge in [0.1, 0.15) is 18.4 Å². The van der Waals surface area contributed by atoms with Crippen molar-refractivity contribution in [3.63, 3.8) is 0 Å². The van der Waals surface area contributed by atoms with Crippen LogP contribution < -0.4 is 5.32 Å². The first-order chi connectivity index (χ1) is 20.3. The number of carbonyl (C=O) groups excluding carboxylic acids is 1. The second-order valence-corrected chi connectivity index (χ2v) is 10.5. The summed E-state index contributed by atoms with van der Waals surface area (Å²) < 4.78 is 26.6. The Kier molecular flexibility index (Phi) is 19.4. The molecule has 1 N–H and O–H groups in total. The van der Waals surface area contributed by atoms with Gasteiger partial charge in [-0.25, -0.2) is 8.78 Å². The molecule has 4 heteroatoms. The van der Waals surface area contributed by atoms with Crippen LogP contribution in [-0.2, 0) is 24.2 Å². The van der Waals surface area contributed by atoms with Crippen LogP contribution in [0.3, 0.4) is 0 Å². The summed E-state index contributed by atoms with van der Waals surface area (Å²) >= 11 is 0. The van der Waals surface area contributed by atoms with Crippen LogP contribution in [0, 0.1) is 29.9 Å². The lowest BCUT2D eigenvalue weighted by Gasteiger charge is -2.32. The van der Waals surface area contributed by atoms with Crippen LogP contribution in [0.4, 0.5) is 8.78 Å². The quantitative estimate of drug-likeness (QED) is 0.238. The zero-order chi connectivity index (χ0) is 32.1. The van der Waals surface area contributed by atoms with Gasteiger partial charge in [0.15, 0.2) is 0 Å². The average molecular weight is 576 g/mol. The summed E-state index contributed by atoms with van der Waals surface area (Å²) in [6.45, 7) is 21.6. The van der Waals surface area contributed by atoms with E-state index >= 15 is 0 Å². The van der Waals surface area contributed by atoms with Crippen molar-refractivity contribution in [3.8, 4) is 12.8 Å². The van der Waals surface area contributed by atoms with Crippen molar-refractivity contribution in [1.29, 1.82) is 0 Å². The first-order valence-corrected chi connectivity index (χ1v) is 14.8. The molecule has 0 spiro atoms. The number of rotatable bonds is 9. The fraction of sp³-hybridized carbons (Fsp3) is 0.395. The largest absolute Gasteiger partial charge is 0.309 e. The molecule has 2 aliphatic carbocycles. The smallest absolute Gasteiger partial charge is 0.127 e. The molecular formula is C38H51F2NO. The number of aryl methyl sites for hydroxylation is 1. The number of carbonyl (C=O) groups is 1. The van der Waals surface area contributed by atoms with Gasteiger partial charge in [0.05, 0.1) is 0 Å². The van der Waals surface area contributed by atoms with E-state index in [1.54, 1.807) is 23.8 Å². The molecule has 1 atom stereocenters. The number of fused-ring (bicyclic) bond motifs is 1. The summed E-state index contributed by atoms with van der Waals surface area (Å²) in [4.78, 5) is 8.00. The van der Waals surface area contributed by atoms with E-state index in [-0.39, 0.29) is 11.6 Å². The van der Waals surface area contributed by atoms with E-state index in [0.717, 1.165) is 48.9 Å². The molecule has 1 fully saturated rings. The van der Waals surface area contributed by atoms with E-state index in [1.165, 1.54) is 42.0 Å². The number of terminal acetylenes is 1. The van der Waals surface area contributed by atoms with Crippen LogP contribution in [0.5, 0.6) is 0 Å². The molecule has 228 valence electrons. The van der Waals surface area contributed by atoms with Gasteiger partial charge in [-0.15, -0.1) is 12.8 Å². The Bertz CT molecular complexity index is 1190. The van der Waals surface area contributed by atoms with Crippen molar-refractivity contribution >= 4 is 6.79 Å². The minimum Gasteiger partial charge on any atom is -0.309 e. The summed E-state index contributed by atoms with van der Waals surface area (Å²) in [5.41, 5.74) is 8.81. The van der Waals surface area contributed by atoms with E-state index in [2.05, 4.69) is 51.2 Å². The van der Waals surface area contributed by atoms with Crippen molar-refractivity contribution in [2.24, 2.45) is 5.41 Å². The van der Waals surface area contributed by atoms with Crippen LogP contribution in [0.15, 0.2) is 90.1 Å². The molecular weight excluding hydrogens is 524 g/mol. The van der Waals surface area contributed by atoms with Crippen molar-refractivity contribution in [1.82, 2.24) is 5.32 Å². The van der Waals surface area contributed by atoms with Gasteiger partial charge in [-0.1, -0.05) is 94.8 Å². The molecule has 0 bridgehead atoms. The molecule has 0 aliphatic heterocycles. The molecule has 0 heterocycles. The van der Waals surface area contributed by atoms with Crippen LogP contribution in [-0.4, -0.2) is 13.3 Å². The molecule has 0 saturated heterocycles. The number of nitrogens with one attached hydrogen (secondary N) is 1. The maximum atomic E-state index is 13.6. The topological polar surface area (TPSA) is 29.1 Å². The maximum absolute atomic E-state index is 13.6. The zero-order valence-corrected chi connectivity index (χ0v) is 26.5. The first-order valence-electron chi connectivity index (χ1n) is 14.8. The van der Waals surface area contributed by atoms with Gasteiger partial charge in [-0.2, -0.15) is 0 Å². The molecule has 1 unspecified atom stereocenters. The van der Waals surface area contributed by atoms with Gasteiger partial charge in [0.25, 0.3) is 0 Å². The Morgan fingerprint density at radius 2 is 1.74 bits per heavy atom. The molecule has 2 aliphatic rings. The summed E-state index contributed by atoms with van der Waals surface area (Å²) in [7, 11) is 0. The molecule has 2 aromatic carbocycles. The van der Waals surface area contributed by atoms with Crippen LogP contribution in [0.2, 0.25) is 0 Å².